The molecule has 3 saturated heterocycles. The Balaban J connectivity index is 1.70. The molecule has 2 bridgehead atoms. The highest BCUT2D eigenvalue weighted by Gasteiger charge is 2.77. The molecule has 0 saturated carbocycles. The average molecular weight is 590 g/mol. The summed E-state index contributed by atoms with van der Waals surface area (Å²) in [4.78, 5) is 44.4. The normalized spacial score (nSPS) is 29.3. The van der Waals surface area contributed by atoms with Crippen LogP contribution in [0.4, 0.5) is 5.69 Å². The van der Waals surface area contributed by atoms with E-state index in [0.29, 0.717) is 12.8 Å². The van der Waals surface area contributed by atoms with Gasteiger partial charge in [0.1, 0.15) is 11.6 Å². The van der Waals surface area contributed by atoms with Gasteiger partial charge in [0.05, 0.1) is 31.2 Å². The van der Waals surface area contributed by atoms with Gasteiger partial charge in [0.2, 0.25) is 5.91 Å². The highest BCUT2D eigenvalue weighted by molar-refractivity contribution is 9.09. The van der Waals surface area contributed by atoms with Crippen molar-refractivity contribution in [3.63, 3.8) is 0 Å². The molecule has 2 amide bonds. The number of hydrogen-bond donors (Lipinski definition) is 1. The first-order valence-corrected chi connectivity index (χ1v) is 14.1. The molecule has 1 spiro atoms. The second-order valence-electron chi connectivity index (χ2n) is 10.3. The summed E-state index contributed by atoms with van der Waals surface area (Å²) in [5.74, 6) is -2.83. The van der Waals surface area contributed by atoms with Crippen LogP contribution in [0.25, 0.3) is 0 Å². The number of allylic oxidation sites excluding steroid dienone is 1. The number of unbranched alkanes of at least 4 members (excludes halogenated alkanes) is 2. The Labute approximate surface area is 232 Å². The van der Waals surface area contributed by atoms with Gasteiger partial charge in [0, 0.05) is 23.6 Å². The lowest BCUT2D eigenvalue weighted by atomic mass is 9.70. The molecule has 1 N–H and O–H groups in total. The molecular formula is C29H37BrN2O6. The minimum absolute atomic E-state index is 0.0352. The number of β-amino-alcohol motifs (C(OH)–C–C–N with tert-alkyl or cyclic N) is 1. The number of fused-ring (bicyclic) bond motifs is 1. The Hall–Kier alpha value is -2.49. The van der Waals surface area contributed by atoms with Crippen molar-refractivity contribution in [1.29, 1.82) is 0 Å². The smallest absolute Gasteiger partial charge is 0.312 e. The number of esters is 1. The first-order chi connectivity index (χ1) is 18.2. The highest BCUT2D eigenvalue weighted by Crippen LogP contribution is 2.60. The Morgan fingerprint density at radius 2 is 1.97 bits per heavy atom. The standard InChI is InChI=1S/C29H37BrN2O6/c1-5-7-8-9-16-37-28(36)21-22-26(34)32(14-15-33)25(29(22)17-20(30)24(21)38-29)27(35)31(13-6-2)23-18(3)11-10-12-19(23)4/h5-6,10-12,20-22,24-25,33H,1-2,7-9,13-17H2,3-4H3/t20?,21-,22-,24-,25?,29?/m0/s1. The van der Waals surface area contributed by atoms with Gasteiger partial charge >= 0.3 is 5.97 Å². The lowest BCUT2D eigenvalue weighted by Crippen LogP contribution is -2.57. The highest BCUT2D eigenvalue weighted by atomic mass is 79.9. The number of aryl methyl sites for hydroxylation is 2. The van der Waals surface area contributed by atoms with Crippen LogP contribution in [0.3, 0.4) is 0 Å². The summed E-state index contributed by atoms with van der Waals surface area (Å²) in [6.07, 6.45) is 5.67. The molecule has 3 heterocycles. The number of para-hydroxylation sites is 1. The molecule has 0 radical (unpaired) electrons. The Morgan fingerprint density at radius 3 is 2.61 bits per heavy atom. The Morgan fingerprint density at radius 1 is 1.26 bits per heavy atom. The number of ether oxygens (including phenoxy) is 2. The van der Waals surface area contributed by atoms with E-state index >= 15 is 0 Å². The van der Waals surface area contributed by atoms with Gasteiger partial charge < -0.3 is 24.4 Å². The van der Waals surface area contributed by atoms with Gasteiger partial charge in [0.15, 0.2) is 0 Å². The monoisotopic (exact) mass is 588 g/mol. The zero-order valence-corrected chi connectivity index (χ0v) is 23.7. The fourth-order valence-corrected chi connectivity index (χ4v) is 7.43. The molecule has 3 aliphatic rings. The van der Waals surface area contributed by atoms with Crippen molar-refractivity contribution >= 4 is 39.4 Å². The summed E-state index contributed by atoms with van der Waals surface area (Å²) in [5, 5.41) is 9.85. The van der Waals surface area contributed by atoms with Crippen molar-refractivity contribution in [1.82, 2.24) is 4.90 Å². The Kier molecular flexibility index (Phi) is 8.79. The predicted molar refractivity (Wildman–Crippen MR) is 148 cm³/mol. The topological polar surface area (TPSA) is 96.4 Å². The number of benzene rings is 1. The molecule has 3 aliphatic heterocycles. The Bertz CT molecular complexity index is 1090. The zero-order valence-electron chi connectivity index (χ0n) is 22.1. The maximum absolute atomic E-state index is 14.4. The molecule has 206 valence electrons. The molecule has 9 heteroatoms. The third-order valence-corrected chi connectivity index (χ3v) is 8.81. The second kappa shape index (κ2) is 11.7. The van der Waals surface area contributed by atoms with E-state index in [2.05, 4.69) is 29.1 Å². The number of anilines is 1. The first-order valence-electron chi connectivity index (χ1n) is 13.2. The largest absolute Gasteiger partial charge is 0.465 e. The molecule has 8 nitrogen and oxygen atoms in total. The van der Waals surface area contributed by atoms with Crippen LogP contribution in [0.15, 0.2) is 43.5 Å². The van der Waals surface area contributed by atoms with Crippen molar-refractivity contribution in [2.75, 3.05) is 31.2 Å². The molecular weight excluding hydrogens is 552 g/mol. The number of likely N-dealkylation sites (tertiary alicyclic amines) is 1. The van der Waals surface area contributed by atoms with Crippen LogP contribution in [0.1, 0.15) is 36.8 Å². The quantitative estimate of drug-likeness (QED) is 0.174. The number of rotatable bonds is 12. The molecule has 1 aromatic carbocycles. The molecule has 38 heavy (non-hydrogen) atoms. The van der Waals surface area contributed by atoms with E-state index in [4.69, 9.17) is 9.47 Å². The van der Waals surface area contributed by atoms with Crippen LogP contribution in [-0.2, 0) is 23.9 Å². The number of alkyl halides is 1. The minimum Gasteiger partial charge on any atom is -0.465 e. The van der Waals surface area contributed by atoms with Crippen molar-refractivity contribution in [3.8, 4) is 0 Å². The summed E-state index contributed by atoms with van der Waals surface area (Å²) in [7, 11) is 0. The summed E-state index contributed by atoms with van der Waals surface area (Å²) in [6.45, 7) is 11.6. The van der Waals surface area contributed by atoms with Crippen LogP contribution in [0.5, 0.6) is 0 Å². The molecule has 6 atom stereocenters. The van der Waals surface area contributed by atoms with E-state index in [-0.39, 0.29) is 42.9 Å². The third-order valence-electron chi connectivity index (χ3n) is 7.97. The predicted octanol–water partition coefficient (Wildman–Crippen LogP) is 3.46. The zero-order chi connectivity index (χ0) is 27.6. The molecule has 3 unspecified atom stereocenters. The van der Waals surface area contributed by atoms with Gasteiger partial charge in [-0.2, -0.15) is 0 Å². The van der Waals surface area contributed by atoms with Gasteiger partial charge in [-0.25, -0.2) is 0 Å². The maximum Gasteiger partial charge on any atom is 0.312 e. The van der Waals surface area contributed by atoms with Crippen LogP contribution < -0.4 is 4.90 Å². The van der Waals surface area contributed by atoms with E-state index in [1.165, 1.54) is 4.90 Å². The third kappa shape index (κ3) is 4.73. The van der Waals surface area contributed by atoms with E-state index < -0.39 is 35.6 Å². The van der Waals surface area contributed by atoms with E-state index in [0.717, 1.165) is 29.7 Å². The maximum atomic E-state index is 14.4. The molecule has 1 aromatic rings. The van der Waals surface area contributed by atoms with Crippen LogP contribution in [0.2, 0.25) is 0 Å². The summed E-state index contributed by atoms with van der Waals surface area (Å²) >= 11 is 3.67. The number of nitrogens with zero attached hydrogens (tertiary/aromatic N) is 2. The molecule has 0 aliphatic carbocycles. The van der Waals surface area contributed by atoms with Crippen molar-refractivity contribution in [3.05, 3.63) is 54.6 Å². The van der Waals surface area contributed by atoms with E-state index in [9.17, 15) is 19.5 Å². The number of halogens is 1. The second-order valence-corrected chi connectivity index (χ2v) is 11.5. The lowest BCUT2D eigenvalue weighted by Gasteiger charge is -2.37. The van der Waals surface area contributed by atoms with Crippen LogP contribution >= 0.6 is 15.9 Å². The van der Waals surface area contributed by atoms with Gasteiger partial charge in [0.25, 0.3) is 5.91 Å². The number of carbonyl (C=O) groups is 3. The van der Waals surface area contributed by atoms with E-state index in [1.807, 2.05) is 38.1 Å². The summed E-state index contributed by atoms with van der Waals surface area (Å²) < 4.78 is 12.1. The average Bonchev–Trinajstić information content (AvgIpc) is 3.46. The van der Waals surface area contributed by atoms with Gasteiger partial charge in [-0.3, -0.25) is 14.4 Å². The van der Waals surface area contributed by atoms with Crippen LogP contribution in [-0.4, -0.2) is 76.7 Å². The van der Waals surface area contributed by atoms with Crippen molar-refractivity contribution < 1.29 is 29.0 Å². The first kappa shape index (κ1) is 28.5. The van der Waals surface area contributed by atoms with Crippen molar-refractivity contribution in [2.24, 2.45) is 11.8 Å². The number of carbonyl (C=O) groups excluding carboxylic acids is 3. The van der Waals surface area contributed by atoms with Gasteiger partial charge in [-0.1, -0.05) is 46.3 Å². The SMILES string of the molecule is C=CCCCCOC(=O)[C@H]1[C@H]2C(=O)N(CCO)C(C(=O)N(CC=C)c3c(C)cccc3C)C23CC(Br)[C@@H]1O3. The number of hydrogen-bond acceptors (Lipinski definition) is 6. The summed E-state index contributed by atoms with van der Waals surface area (Å²) in [6, 6.07) is 4.81. The lowest BCUT2D eigenvalue weighted by molar-refractivity contribution is -0.155. The molecule has 0 aromatic heterocycles. The van der Waals surface area contributed by atoms with Crippen molar-refractivity contribution in [2.45, 2.75) is 62.1 Å². The van der Waals surface area contributed by atoms with Crippen LogP contribution in [0, 0.1) is 25.7 Å². The molecule has 4 rings (SSSR count). The molecule has 3 fully saturated rings. The number of aliphatic hydroxyl groups excluding tert-OH is 1. The summed E-state index contributed by atoms with van der Waals surface area (Å²) in [5.41, 5.74) is 1.39. The fourth-order valence-electron chi connectivity index (χ4n) is 6.49. The van der Waals surface area contributed by atoms with E-state index in [1.54, 1.807) is 11.0 Å². The number of amides is 2. The van der Waals surface area contributed by atoms with Gasteiger partial charge in [-0.05, 0) is 50.7 Å². The van der Waals surface area contributed by atoms with Gasteiger partial charge in [-0.15, -0.1) is 13.2 Å². The minimum atomic E-state index is -1.20. The fraction of sp³-hybridized carbons (Fsp3) is 0.552. The number of aliphatic hydroxyl groups is 1.